The minimum atomic E-state index is -0.400. The van der Waals surface area contributed by atoms with Gasteiger partial charge in [0.1, 0.15) is 21.1 Å². The van der Waals surface area contributed by atoms with Gasteiger partial charge in [-0.3, -0.25) is 9.63 Å². The van der Waals surface area contributed by atoms with Gasteiger partial charge in [-0.2, -0.15) is 0 Å². The van der Waals surface area contributed by atoms with E-state index in [1.54, 1.807) is 21.1 Å². The fourth-order valence-electron chi connectivity index (χ4n) is 0.307. The van der Waals surface area contributed by atoms with Gasteiger partial charge in [-0.25, -0.2) is 4.79 Å². The van der Waals surface area contributed by atoms with Gasteiger partial charge in [0, 0.05) is 13.0 Å². The Bertz CT molecular complexity index is 205. The number of ether oxygens (including phenoxy) is 1. The Balaban J connectivity index is 0. The van der Waals surface area contributed by atoms with E-state index in [9.17, 15) is 9.59 Å². The van der Waals surface area contributed by atoms with Crippen LogP contribution in [-0.4, -0.2) is 44.8 Å². The third-order valence-electron chi connectivity index (χ3n) is 0.818. The molecule has 82 valence electrons. The van der Waals surface area contributed by atoms with Gasteiger partial charge in [-0.05, 0) is 0 Å². The van der Waals surface area contributed by atoms with E-state index < -0.39 is 5.97 Å². The van der Waals surface area contributed by atoms with Gasteiger partial charge in [0.25, 0.3) is 0 Å². The molecule has 0 spiro atoms. The summed E-state index contributed by atoms with van der Waals surface area (Å²) in [5.41, 5.74) is 0. The average Bonchev–Trinajstić information content (AvgIpc) is 2.02. The van der Waals surface area contributed by atoms with Gasteiger partial charge < -0.3 is 4.74 Å². The maximum Gasteiger partial charge on any atom is 0.389 e. The summed E-state index contributed by atoms with van der Waals surface area (Å²) in [6.45, 7) is 4.62. The number of quaternary nitrogens is 1. The van der Waals surface area contributed by atoms with Crippen LogP contribution in [0, 0.1) is 0 Å². The Morgan fingerprint density at radius 2 is 1.64 bits per heavy atom. The van der Waals surface area contributed by atoms with Gasteiger partial charge in [-0.1, -0.05) is 6.58 Å². The van der Waals surface area contributed by atoms with E-state index in [1.165, 1.54) is 14.0 Å². The lowest BCUT2D eigenvalue weighted by Gasteiger charge is -2.18. The minimum absolute atomic E-state index is 0.171. The lowest BCUT2D eigenvalue weighted by atomic mass is 10.7. The Kier molecular flexibility index (Phi) is 7.65. The molecule has 0 aromatic carbocycles. The molecule has 0 aromatic heterocycles. The molecule has 5 nitrogen and oxygen atoms in total. The molecule has 0 aliphatic heterocycles. The second-order valence-corrected chi connectivity index (χ2v) is 3.20. The molecule has 0 saturated carbocycles. The van der Waals surface area contributed by atoms with Crippen LogP contribution in [0.25, 0.3) is 0 Å². The highest BCUT2D eigenvalue weighted by atomic mass is 16.7. The van der Waals surface area contributed by atoms with Crippen LogP contribution in [0.15, 0.2) is 12.7 Å². The predicted octanol–water partition coefficient (Wildman–Crippen LogP) is 0.516. The molecule has 0 aliphatic carbocycles. The number of methoxy groups -OCH3 is 1. The smallest absolute Gasteiger partial charge is 0.389 e. The van der Waals surface area contributed by atoms with Crippen LogP contribution in [0.1, 0.15) is 6.92 Å². The summed E-state index contributed by atoms with van der Waals surface area (Å²) in [5, 5.41) is 0. The standard InChI is InChI=1S/C6H12NO2.C3H6O2/c1-5-6(8)9-7(2,3)4;1-3(4)5-2/h5H,1H2,2-4H3;1-2H3/q+1;. The minimum Gasteiger partial charge on any atom is -0.469 e. The summed E-state index contributed by atoms with van der Waals surface area (Å²) >= 11 is 0. The first-order chi connectivity index (χ1) is 6.22. The third-order valence-corrected chi connectivity index (χ3v) is 0.818. The largest absolute Gasteiger partial charge is 0.469 e. The molecule has 5 heteroatoms. The van der Waals surface area contributed by atoms with Gasteiger partial charge in [-0.15, -0.1) is 4.65 Å². The summed E-state index contributed by atoms with van der Waals surface area (Å²) in [4.78, 5) is 24.8. The molecule has 0 saturated heterocycles. The van der Waals surface area contributed by atoms with Crippen molar-refractivity contribution in [1.29, 1.82) is 0 Å². The molecule has 0 bridgehead atoms. The van der Waals surface area contributed by atoms with Crippen molar-refractivity contribution in [3.8, 4) is 0 Å². The van der Waals surface area contributed by atoms with Crippen molar-refractivity contribution in [2.24, 2.45) is 0 Å². The number of hydrogen-bond acceptors (Lipinski definition) is 4. The number of hydrogen-bond donors (Lipinski definition) is 0. The van der Waals surface area contributed by atoms with Crippen molar-refractivity contribution >= 4 is 11.9 Å². The quantitative estimate of drug-likeness (QED) is 0.285. The lowest BCUT2D eigenvalue weighted by Crippen LogP contribution is -2.36. The fraction of sp³-hybridized carbons (Fsp3) is 0.556. The van der Waals surface area contributed by atoms with E-state index in [2.05, 4.69) is 11.3 Å². The molecule has 14 heavy (non-hydrogen) atoms. The van der Waals surface area contributed by atoms with E-state index in [-0.39, 0.29) is 10.6 Å². The maximum absolute atomic E-state index is 10.5. The molecule has 0 unspecified atom stereocenters. The Morgan fingerprint density at radius 3 is 1.71 bits per heavy atom. The van der Waals surface area contributed by atoms with Crippen LogP contribution in [-0.2, 0) is 19.2 Å². The summed E-state index contributed by atoms with van der Waals surface area (Å²) < 4.78 is 4.28. The number of hydroxylamine groups is 3. The highest BCUT2D eigenvalue weighted by Gasteiger charge is 2.11. The topological polar surface area (TPSA) is 52.6 Å². The predicted molar refractivity (Wildman–Crippen MR) is 52.0 cm³/mol. The van der Waals surface area contributed by atoms with E-state index in [0.717, 1.165) is 6.08 Å². The van der Waals surface area contributed by atoms with Crippen LogP contribution >= 0.6 is 0 Å². The highest BCUT2D eigenvalue weighted by molar-refractivity contribution is 5.80. The molecule has 0 aliphatic rings. The Morgan fingerprint density at radius 1 is 1.29 bits per heavy atom. The van der Waals surface area contributed by atoms with Gasteiger partial charge in [0.05, 0.1) is 7.11 Å². The number of carbonyl (C=O) groups is 2. The molecule has 0 amide bonds. The zero-order valence-corrected chi connectivity index (χ0v) is 9.36. The van der Waals surface area contributed by atoms with Crippen LogP contribution in [0.5, 0.6) is 0 Å². The third kappa shape index (κ3) is 16.9. The summed E-state index contributed by atoms with van der Waals surface area (Å²) in [7, 11) is 6.60. The number of carbonyl (C=O) groups excluding carboxylic acids is 2. The number of esters is 1. The van der Waals surface area contributed by atoms with Crippen LogP contribution in [0.2, 0.25) is 0 Å². The van der Waals surface area contributed by atoms with Crippen molar-refractivity contribution in [2.45, 2.75) is 6.92 Å². The zero-order valence-electron chi connectivity index (χ0n) is 9.36. The second-order valence-electron chi connectivity index (χ2n) is 3.20. The molecule has 0 N–H and O–H groups in total. The normalized spacial score (nSPS) is 9.21. The van der Waals surface area contributed by atoms with E-state index in [1.807, 2.05) is 0 Å². The first-order valence-electron chi connectivity index (χ1n) is 3.95. The average molecular weight is 204 g/mol. The molecule has 0 heterocycles. The van der Waals surface area contributed by atoms with Gasteiger partial charge >= 0.3 is 11.9 Å². The van der Waals surface area contributed by atoms with Gasteiger partial charge in [0.2, 0.25) is 0 Å². The number of rotatable bonds is 2. The summed E-state index contributed by atoms with van der Waals surface area (Å²) in [6, 6.07) is 0. The van der Waals surface area contributed by atoms with Crippen molar-refractivity contribution in [2.75, 3.05) is 28.3 Å². The van der Waals surface area contributed by atoms with E-state index >= 15 is 0 Å². The first kappa shape index (κ1) is 15.1. The van der Waals surface area contributed by atoms with E-state index in [0.29, 0.717) is 0 Å². The van der Waals surface area contributed by atoms with Crippen molar-refractivity contribution in [1.82, 2.24) is 0 Å². The maximum atomic E-state index is 10.5. The Hall–Kier alpha value is -1.36. The van der Waals surface area contributed by atoms with E-state index in [4.69, 9.17) is 4.84 Å². The van der Waals surface area contributed by atoms with Crippen LogP contribution < -0.4 is 0 Å². The molecular formula is C9H18NO4+. The van der Waals surface area contributed by atoms with Crippen molar-refractivity contribution in [3.63, 3.8) is 0 Å². The van der Waals surface area contributed by atoms with Gasteiger partial charge in [0.15, 0.2) is 0 Å². The molecule has 0 fully saturated rings. The summed E-state index contributed by atoms with van der Waals surface area (Å²) in [5.74, 6) is -0.646. The van der Waals surface area contributed by atoms with Crippen molar-refractivity contribution in [3.05, 3.63) is 12.7 Å². The fourth-order valence-corrected chi connectivity index (χ4v) is 0.307. The molecular weight excluding hydrogens is 186 g/mol. The highest BCUT2D eigenvalue weighted by Crippen LogP contribution is 1.92. The SMILES string of the molecule is C=CC(=O)O[N+](C)(C)C.COC(C)=O. The lowest BCUT2D eigenvalue weighted by molar-refractivity contribution is -1.04. The number of nitrogens with zero attached hydrogens (tertiary/aromatic N) is 1. The second kappa shape index (κ2) is 7.08. The molecule has 0 aromatic rings. The molecule has 0 rings (SSSR count). The van der Waals surface area contributed by atoms with Crippen LogP contribution in [0.3, 0.4) is 0 Å². The monoisotopic (exact) mass is 204 g/mol. The Labute approximate surface area is 84.4 Å². The van der Waals surface area contributed by atoms with Crippen molar-refractivity contribution < 1.29 is 23.8 Å². The molecule has 0 atom stereocenters. The summed E-state index contributed by atoms with van der Waals surface area (Å²) in [6.07, 6.45) is 1.14. The zero-order chi connectivity index (χ0) is 11.8. The molecule has 0 radical (unpaired) electrons. The van der Waals surface area contributed by atoms with Crippen LogP contribution in [0.4, 0.5) is 0 Å². The first-order valence-corrected chi connectivity index (χ1v) is 3.95.